The lowest BCUT2D eigenvalue weighted by Gasteiger charge is -2.06. The van der Waals surface area contributed by atoms with Gasteiger partial charge in [0.2, 0.25) is 5.28 Å². The van der Waals surface area contributed by atoms with Crippen molar-refractivity contribution in [3.05, 3.63) is 40.7 Å². The fraction of sp³-hybridized carbons (Fsp3) is 0.308. The lowest BCUT2D eigenvalue weighted by molar-refractivity contribution is 0.307. The van der Waals surface area contributed by atoms with Crippen LogP contribution in [0.5, 0.6) is 6.01 Å². The zero-order valence-corrected chi connectivity index (χ0v) is 12.3. The highest BCUT2D eigenvalue weighted by Gasteiger charge is 2.07. The Kier molecular flexibility index (Phi) is 4.99. The molecule has 2 aromatic rings. The molecule has 0 unspecified atom stereocenters. The summed E-state index contributed by atoms with van der Waals surface area (Å²) in [5.74, 6) is 0.790. The summed E-state index contributed by atoms with van der Waals surface area (Å²) < 4.78 is 5.24. The Morgan fingerprint density at radius 2 is 2.00 bits per heavy atom. The van der Waals surface area contributed by atoms with Gasteiger partial charge in [-0.3, -0.25) is 0 Å². The van der Waals surface area contributed by atoms with Gasteiger partial charge in [0.05, 0.1) is 6.61 Å². The minimum atomic E-state index is 0.158. The largest absolute Gasteiger partial charge is 0.464 e. The molecular weight excluding hydrogens is 282 g/mol. The van der Waals surface area contributed by atoms with Gasteiger partial charge >= 0.3 is 6.01 Å². The molecule has 0 amide bonds. The van der Waals surface area contributed by atoms with Crippen molar-refractivity contribution in [3.8, 4) is 6.01 Å². The maximum absolute atomic E-state index is 5.84. The van der Waals surface area contributed by atoms with Crippen molar-refractivity contribution in [2.45, 2.75) is 24.8 Å². The van der Waals surface area contributed by atoms with Crippen LogP contribution >= 0.6 is 23.4 Å². The molecule has 2 rings (SSSR count). The number of hydrogen-bond donors (Lipinski definition) is 0. The molecule has 0 aliphatic rings. The second kappa shape index (κ2) is 6.73. The molecule has 6 heteroatoms. The van der Waals surface area contributed by atoms with E-state index in [-0.39, 0.29) is 11.3 Å². The molecule has 1 aromatic carbocycles. The van der Waals surface area contributed by atoms with Crippen LogP contribution in [0, 0.1) is 6.92 Å². The van der Waals surface area contributed by atoms with Crippen LogP contribution in [-0.2, 0) is 5.75 Å². The summed E-state index contributed by atoms with van der Waals surface area (Å²) in [5, 5.41) is 0.734. The van der Waals surface area contributed by atoms with E-state index in [2.05, 4.69) is 34.0 Å². The van der Waals surface area contributed by atoms with Gasteiger partial charge < -0.3 is 4.74 Å². The smallest absolute Gasteiger partial charge is 0.321 e. The van der Waals surface area contributed by atoms with Crippen molar-refractivity contribution in [1.82, 2.24) is 15.0 Å². The standard InChI is InChI=1S/C13H14ClN3OS/c1-3-18-12-15-11(14)16-13(17-12)19-8-10-7-5-4-6-9(10)2/h4-7H,3,8H2,1-2H3. The second-order valence-electron chi connectivity index (χ2n) is 3.82. The second-order valence-corrected chi connectivity index (χ2v) is 5.10. The van der Waals surface area contributed by atoms with E-state index in [1.54, 1.807) is 0 Å². The van der Waals surface area contributed by atoms with E-state index in [4.69, 9.17) is 16.3 Å². The van der Waals surface area contributed by atoms with Gasteiger partial charge in [-0.15, -0.1) is 0 Å². The summed E-state index contributed by atoms with van der Waals surface area (Å²) in [4.78, 5) is 12.2. The molecule has 0 saturated carbocycles. The summed E-state index contributed by atoms with van der Waals surface area (Å²) in [6, 6.07) is 8.50. The van der Waals surface area contributed by atoms with Crippen molar-refractivity contribution in [2.24, 2.45) is 0 Å². The molecule has 0 spiro atoms. The van der Waals surface area contributed by atoms with Gasteiger partial charge in [0.15, 0.2) is 5.16 Å². The molecule has 0 aliphatic carbocycles. The summed E-state index contributed by atoms with van der Waals surface area (Å²) in [6.07, 6.45) is 0. The summed E-state index contributed by atoms with van der Waals surface area (Å²) in [6.45, 7) is 4.46. The van der Waals surface area contributed by atoms with E-state index in [0.717, 1.165) is 5.75 Å². The number of thioether (sulfide) groups is 1. The van der Waals surface area contributed by atoms with Crippen molar-refractivity contribution in [1.29, 1.82) is 0 Å². The number of benzene rings is 1. The van der Waals surface area contributed by atoms with Crippen LogP contribution in [0.4, 0.5) is 0 Å². The first kappa shape index (κ1) is 14.1. The average Bonchev–Trinajstić information content (AvgIpc) is 2.37. The van der Waals surface area contributed by atoms with Gasteiger partial charge in [-0.25, -0.2) is 0 Å². The van der Waals surface area contributed by atoms with Crippen LogP contribution < -0.4 is 4.74 Å². The first-order chi connectivity index (χ1) is 9.19. The molecule has 4 nitrogen and oxygen atoms in total. The molecule has 0 aliphatic heterocycles. The SMILES string of the molecule is CCOc1nc(Cl)nc(SCc2ccccc2C)n1. The van der Waals surface area contributed by atoms with E-state index in [9.17, 15) is 0 Å². The number of halogens is 1. The lowest BCUT2D eigenvalue weighted by atomic mass is 10.1. The number of aromatic nitrogens is 3. The van der Waals surface area contributed by atoms with Crippen molar-refractivity contribution < 1.29 is 4.74 Å². The Morgan fingerprint density at radius 1 is 1.21 bits per heavy atom. The Labute approximate surface area is 121 Å². The predicted molar refractivity (Wildman–Crippen MR) is 76.7 cm³/mol. The fourth-order valence-corrected chi connectivity index (χ4v) is 2.59. The van der Waals surface area contributed by atoms with Gasteiger partial charge in [0, 0.05) is 5.75 Å². The topological polar surface area (TPSA) is 47.9 Å². The monoisotopic (exact) mass is 295 g/mol. The van der Waals surface area contributed by atoms with Crippen LogP contribution in [0.1, 0.15) is 18.1 Å². The Morgan fingerprint density at radius 3 is 2.74 bits per heavy atom. The van der Waals surface area contributed by atoms with Crippen LogP contribution in [0.15, 0.2) is 29.4 Å². The molecule has 1 aromatic heterocycles. The maximum atomic E-state index is 5.84. The normalized spacial score (nSPS) is 10.5. The predicted octanol–water partition coefficient (Wildman–Crippen LogP) is 3.52. The van der Waals surface area contributed by atoms with Crippen molar-refractivity contribution in [2.75, 3.05) is 6.61 Å². The van der Waals surface area contributed by atoms with E-state index in [0.29, 0.717) is 11.8 Å². The molecule has 100 valence electrons. The molecule has 0 atom stereocenters. The summed E-state index contributed by atoms with van der Waals surface area (Å²) in [5.41, 5.74) is 2.50. The van der Waals surface area contributed by atoms with E-state index < -0.39 is 0 Å². The quantitative estimate of drug-likeness (QED) is 0.790. The van der Waals surface area contributed by atoms with E-state index >= 15 is 0 Å². The average molecular weight is 296 g/mol. The van der Waals surface area contributed by atoms with E-state index in [1.807, 2.05) is 19.1 Å². The van der Waals surface area contributed by atoms with Crippen LogP contribution in [0.3, 0.4) is 0 Å². The fourth-order valence-electron chi connectivity index (χ4n) is 1.49. The summed E-state index contributed by atoms with van der Waals surface area (Å²) >= 11 is 7.36. The third-order valence-corrected chi connectivity index (χ3v) is 3.52. The number of aryl methyl sites for hydroxylation is 1. The molecule has 0 N–H and O–H groups in total. The molecular formula is C13H14ClN3OS. The van der Waals surface area contributed by atoms with Crippen LogP contribution in [0.25, 0.3) is 0 Å². The summed E-state index contributed by atoms with van der Waals surface area (Å²) in [7, 11) is 0. The Bertz CT molecular complexity index is 565. The highest BCUT2D eigenvalue weighted by atomic mass is 35.5. The minimum absolute atomic E-state index is 0.158. The zero-order valence-electron chi connectivity index (χ0n) is 10.8. The Balaban J connectivity index is 2.09. The number of nitrogens with zero attached hydrogens (tertiary/aromatic N) is 3. The van der Waals surface area contributed by atoms with Crippen molar-refractivity contribution >= 4 is 23.4 Å². The Hall–Kier alpha value is -1.33. The number of rotatable bonds is 5. The molecule has 19 heavy (non-hydrogen) atoms. The van der Waals surface area contributed by atoms with Crippen LogP contribution in [0.2, 0.25) is 5.28 Å². The number of ether oxygens (including phenoxy) is 1. The highest BCUT2D eigenvalue weighted by Crippen LogP contribution is 2.23. The lowest BCUT2D eigenvalue weighted by Crippen LogP contribution is -2.00. The number of hydrogen-bond acceptors (Lipinski definition) is 5. The molecule has 0 radical (unpaired) electrons. The molecule has 1 heterocycles. The zero-order chi connectivity index (χ0) is 13.7. The van der Waals surface area contributed by atoms with Gasteiger partial charge in [0.25, 0.3) is 0 Å². The van der Waals surface area contributed by atoms with Crippen LogP contribution in [-0.4, -0.2) is 21.6 Å². The van der Waals surface area contributed by atoms with Crippen molar-refractivity contribution in [3.63, 3.8) is 0 Å². The van der Waals surface area contributed by atoms with Gasteiger partial charge in [-0.1, -0.05) is 36.0 Å². The molecule has 0 bridgehead atoms. The first-order valence-corrected chi connectivity index (χ1v) is 7.27. The van der Waals surface area contributed by atoms with E-state index in [1.165, 1.54) is 22.9 Å². The maximum Gasteiger partial charge on any atom is 0.321 e. The molecule has 0 saturated heterocycles. The highest BCUT2D eigenvalue weighted by molar-refractivity contribution is 7.98. The minimum Gasteiger partial charge on any atom is -0.464 e. The third kappa shape index (κ3) is 4.08. The van der Waals surface area contributed by atoms with Gasteiger partial charge in [-0.2, -0.15) is 15.0 Å². The van der Waals surface area contributed by atoms with Gasteiger partial charge in [-0.05, 0) is 36.6 Å². The third-order valence-electron chi connectivity index (χ3n) is 2.46. The first-order valence-electron chi connectivity index (χ1n) is 5.90. The van der Waals surface area contributed by atoms with Gasteiger partial charge in [0.1, 0.15) is 0 Å². The molecule has 0 fully saturated rings.